The normalized spacial score (nSPS) is 10.7. The predicted molar refractivity (Wildman–Crippen MR) is 115 cm³/mol. The third-order valence-corrected chi connectivity index (χ3v) is 4.81. The molecular weight excluding hydrogens is 425 g/mol. The maximum atomic E-state index is 12.4. The van der Waals surface area contributed by atoms with Crippen LogP contribution in [-0.4, -0.2) is 15.7 Å². The fourth-order valence-corrected chi connectivity index (χ4v) is 3.09. The van der Waals surface area contributed by atoms with Crippen LogP contribution in [0.2, 0.25) is 10.0 Å². The van der Waals surface area contributed by atoms with E-state index in [9.17, 15) is 4.79 Å². The lowest BCUT2D eigenvalue weighted by Gasteiger charge is -2.05. The first kappa shape index (κ1) is 20.1. The Morgan fingerprint density at radius 2 is 1.87 bits per heavy atom. The van der Waals surface area contributed by atoms with Gasteiger partial charge in [-0.25, -0.2) is 0 Å². The summed E-state index contributed by atoms with van der Waals surface area (Å²) in [5.74, 6) is 0.872. The zero-order valence-electron chi connectivity index (χ0n) is 15.7. The number of rotatable bonds is 7. The topological polar surface area (TPSA) is 69.3 Å². The van der Waals surface area contributed by atoms with Crippen LogP contribution in [0.25, 0.3) is 0 Å². The smallest absolute Gasteiger partial charge is 0.291 e. The van der Waals surface area contributed by atoms with Gasteiger partial charge in [-0.3, -0.25) is 9.48 Å². The van der Waals surface area contributed by atoms with Crippen molar-refractivity contribution in [1.29, 1.82) is 0 Å². The molecule has 2 aromatic heterocycles. The Morgan fingerprint density at radius 3 is 2.67 bits per heavy atom. The van der Waals surface area contributed by atoms with E-state index in [-0.39, 0.29) is 18.3 Å². The number of carbonyl (C=O) groups is 1. The van der Waals surface area contributed by atoms with E-state index in [1.54, 1.807) is 41.3 Å². The third kappa shape index (κ3) is 5.03. The van der Waals surface area contributed by atoms with Crippen LogP contribution in [0.3, 0.4) is 0 Å². The Labute approximate surface area is 183 Å². The summed E-state index contributed by atoms with van der Waals surface area (Å²) >= 11 is 12.0. The minimum Gasteiger partial charge on any atom is -0.484 e. The molecule has 1 N–H and O–H groups in total. The molecule has 6 nitrogen and oxygen atoms in total. The van der Waals surface area contributed by atoms with Gasteiger partial charge < -0.3 is 14.5 Å². The van der Waals surface area contributed by atoms with Gasteiger partial charge in [0, 0.05) is 11.2 Å². The number of hydrogen-bond acceptors (Lipinski definition) is 4. The summed E-state index contributed by atoms with van der Waals surface area (Å²) < 4.78 is 12.9. The molecule has 1 amide bonds. The molecule has 0 saturated carbocycles. The summed E-state index contributed by atoms with van der Waals surface area (Å²) in [4.78, 5) is 12.4. The molecule has 0 atom stereocenters. The van der Waals surface area contributed by atoms with Crippen molar-refractivity contribution in [2.75, 3.05) is 5.32 Å². The van der Waals surface area contributed by atoms with Gasteiger partial charge in [0.1, 0.15) is 18.1 Å². The number of carbonyl (C=O) groups excluding carboxylic acids is 1. The monoisotopic (exact) mass is 441 g/mol. The molecule has 0 radical (unpaired) electrons. The van der Waals surface area contributed by atoms with Crippen molar-refractivity contribution in [3.63, 3.8) is 0 Å². The molecule has 0 bridgehead atoms. The highest BCUT2D eigenvalue weighted by Gasteiger charge is 2.13. The summed E-state index contributed by atoms with van der Waals surface area (Å²) in [5, 5.41) is 8.23. The minimum absolute atomic E-state index is 0.163. The first-order valence-corrected chi connectivity index (χ1v) is 9.87. The number of furan rings is 1. The molecule has 4 rings (SSSR count). The quantitative estimate of drug-likeness (QED) is 0.401. The van der Waals surface area contributed by atoms with Crippen molar-refractivity contribution < 1.29 is 13.9 Å². The van der Waals surface area contributed by atoms with E-state index in [2.05, 4.69) is 10.4 Å². The van der Waals surface area contributed by atoms with Gasteiger partial charge in [-0.05, 0) is 42.0 Å². The van der Waals surface area contributed by atoms with Crippen molar-refractivity contribution in [3.05, 3.63) is 100 Å². The highest BCUT2D eigenvalue weighted by atomic mass is 35.5. The highest BCUT2D eigenvalue weighted by Crippen LogP contribution is 2.24. The van der Waals surface area contributed by atoms with E-state index in [1.807, 2.05) is 36.4 Å². The molecule has 0 aliphatic carbocycles. The van der Waals surface area contributed by atoms with Crippen molar-refractivity contribution >= 4 is 34.8 Å². The first-order valence-electron chi connectivity index (χ1n) is 9.11. The van der Waals surface area contributed by atoms with Crippen LogP contribution in [-0.2, 0) is 13.2 Å². The lowest BCUT2D eigenvalue weighted by molar-refractivity contribution is 0.0992. The molecule has 152 valence electrons. The van der Waals surface area contributed by atoms with Gasteiger partial charge in [0.2, 0.25) is 0 Å². The lowest BCUT2D eigenvalue weighted by Crippen LogP contribution is -2.10. The van der Waals surface area contributed by atoms with E-state index in [0.29, 0.717) is 33.8 Å². The SMILES string of the molecule is O=C(Nc1cnn(Cc2ccc(Cl)cc2)c1)c1ccc(COc2ccccc2Cl)o1. The zero-order chi connectivity index (χ0) is 20.9. The van der Waals surface area contributed by atoms with Gasteiger partial charge >= 0.3 is 0 Å². The largest absolute Gasteiger partial charge is 0.484 e. The maximum Gasteiger partial charge on any atom is 0.291 e. The van der Waals surface area contributed by atoms with Crippen LogP contribution < -0.4 is 10.1 Å². The summed E-state index contributed by atoms with van der Waals surface area (Å²) in [6.07, 6.45) is 3.33. The number of hydrogen-bond donors (Lipinski definition) is 1. The Bertz CT molecular complexity index is 1150. The van der Waals surface area contributed by atoms with E-state index in [0.717, 1.165) is 5.56 Å². The van der Waals surface area contributed by atoms with E-state index < -0.39 is 0 Å². The van der Waals surface area contributed by atoms with Crippen LogP contribution in [0.4, 0.5) is 5.69 Å². The number of para-hydroxylation sites is 1. The van der Waals surface area contributed by atoms with Crippen molar-refractivity contribution in [3.8, 4) is 5.75 Å². The Morgan fingerprint density at radius 1 is 1.07 bits per heavy atom. The highest BCUT2D eigenvalue weighted by molar-refractivity contribution is 6.32. The molecule has 0 spiro atoms. The summed E-state index contributed by atoms with van der Waals surface area (Å²) in [5.41, 5.74) is 1.62. The zero-order valence-corrected chi connectivity index (χ0v) is 17.2. The molecule has 4 aromatic rings. The molecule has 2 aromatic carbocycles. The number of ether oxygens (including phenoxy) is 1. The number of nitrogens with zero attached hydrogens (tertiary/aromatic N) is 2. The van der Waals surface area contributed by atoms with Crippen LogP contribution in [0, 0.1) is 0 Å². The van der Waals surface area contributed by atoms with E-state index in [1.165, 1.54) is 0 Å². The number of halogens is 2. The summed E-state index contributed by atoms with van der Waals surface area (Å²) in [7, 11) is 0. The Balaban J connectivity index is 1.34. The van der Waals surface area contributed by atoms with Crippen molar-refractivity contribution in [1.82, 2.24) is 9.78 Å². The first-order chi connectivity index (χ1) is 14.6. The molecular formula is C22H17Cl2N3O3. The van der Waals surface area contributed by atoms with E-state index >= 15 is 0 Å². The predicted octanol–water partition coefficient (Wildman–Crippen LogP) is 5.66. The molecule has 0 aliphatic rings. The molecule has 0 fully saturated rings. The number of anilines is 1. The number of benzene rings is 2. The second kappa shape index (κ2) is 9.07. The molecule has 2 heterocycles. The molecule has 0 aliphatic heterocycles. The maximum absolute atomic E-state index is 12.4. The number of nitrogens with one attached hydrogen (secondary N) is 1. The standard InChI is InChI=1S/C22H17Cl2N3O3/c23-16-7-5-15(6-8-16)12-27-13-17(11-25-27)26-22(28)21-10-9-18(30-21)14-29-20-4-2-1-3-19(20)24/h1-11,13H,12,14H2,(H,26,28). The lowest BCUT2D eigenvalue weighted by atomic mass is 10.2. The average molecular weight is 442 g/mol. The van der Waals surface area contributed by atoms with Crippen LogP contribution in [0.1, 0.15) is 21.9 Å². The second-order valence-corrected chi connectivity index (χ2v) is 7.34. The summed E-state index contributed by atoms with van der Waals surface area (Å²) in [6.45, 7) is 0.730. The van der Waals surface area contributed by atoms with Crippen LogP contribution in [0.5, 0.6) is 5.75 Å². The van der Waals surface area contributed by atoms with Crippen molar-refractivity contribution in [2.45, 2.75) is 13.2 Å². The number of aromatic nitrogens is 2. The van der Waals surface area contributed by atoms with Crippen molar-refractivity contribution in [2.24, 2.45) is 0 Å². The van der Waals surface area contributed by atoms with E-state index in [4.69, 9.17) is 32.4 Å². The van der Waals surface area contributed by atoms with Crippen LogP contribution >= 0.6 is 23.2 Å². The van der Waals surface area contributed by atoms with Gasteiger partial charge in [-0.2, -0.15) is 5.10 Å². The molecule has 30 heavy (non-hydrogen) atoms. The van der Waals surface area contributed by atoms with Crippen LogP contribution in [0.15, 0.2) is 77.5 Å². The molecule has 0 saturated heterocycles. The minimum atomic E-state index is -0.370. The average Bonchev–Trinajstić information content (AvgIpc) is 3.39. The fraction of sp³-hybridized carbons (Fsp3) is 0.0909. The Kier molecular flexibility index (Phi) is 6.07. The van der Waals surface area contributed by atoms with Gasteiger partial charge in [-0.15, -0.1) is 0 Å². The van der Waals surface area contributed by atoms with Gasteiger partial charge in [0.25, 0.3) is 5.91 Å². The molecule has 8 heteroatoms. The summed E-state index contributed by atoms with van der Waals surface area (Å²) in [6, 6.07) is 18.0. The Hall–Kier alpha value is -3.22. The fourth-order valence-electron chi connectivity index (χ4n) is 2.77. The molecule has 0 unspecified atom stereocenters. The number of amides is 1. The third-order valence-electron chi connectivity index (χ3n) is 4.24. The van der Waals surface area contributed by atoms with Gasteiger partial charge in [0.15, 0.2) is 5.76 Å². The second-order valence-electron chi connectivity index (χ2n) is 6.49. The van der Waals surface area contributed by atoms with Gasteiger partial charge in [0.05, 0.1) is 23.5 Å². The van der Waals surface area contributed by atoms with Gasteiger partial charge in [-0.1, -0.05) is 47.5 Å².